The van der Waals surface area contributed by atoms with Crippen molar-refractivity contribution in [3.8, 4) is 0 Å². The van der Waals surface area contributed by atoms with Crippen LogP contribution in [0.15, 0.2) is 41.0 Å². The van der Waals surface area contributed by atoms with E-state index >= 15 is 0 Å². The molecule has 1 aromatic heterocycles. The second kappa shape index (κ2) is 8.29. The fourth-order valence-electron chi connectivity index (χ4n) is 3.19. The highest BCUT2D eigenvalue weighted by Gasteiger charge is 2.36. The number of benzene rings is 1. The van der Waals surface area contributed by atoms with Gasteiger partial charge in [-0.1, -0.05) is 17.7 Å². The van der Waals surface area contributed by atoms with Gasteiger partial charge in [0.15, 0.2) is 6.10 Å². The van der Waals surface area contributed by atoms with Crippen LogP contribution in [-0.4, -0.2) is 35.3 Å². The first-order valence-corrected chi connectivity index (χ1v) is 9.22. The molecule has 1 fully saturated rings. The van der Waals surface area contributed by atoms with Gasteiger partial charge in [0.25, 0.3) is 5.91 Å². The van der Waals surface area contributed by atoms with E-state index in [0.29, 0.717) is 18.0 Å². The molecule has 1 aliphatic rings. The quantitative estimate of drug-likeness (QED) is 0.774. The number of rotatable bonds is 6. The number of furan rings is 1. The van der Waals surface area contributed by atoms with Gasteiger partial charge >= 0.3 is 5.97 Å². The van der Waals surface area contributed by atoms with Crippen LogP contribution in [0.2, 0.25) is 0 Å². The molecule has 1 N–H and O–H groups in total. The predicted octanol–water partition coefficient (Wildman–Crippen LogP) is 2.82. The summed E-state index contributed by atoms with van der Waals surface area (Å²) in [7, 11) is 0. The van der Waals surface area contributed by atoms with Crippen molar-refractivity contribution in [1.82, 2.24) is 4.90 Å². The number of nitrogens with zero attached hydrogens (tertiary/aromatic N) is 1. The molecular weight excluding hydrogens is 360 g/mol. The van der Waals surface area contributed by atoms with Gasteiger partial charge in [0, 0.05) is 18.7 Å². The Labute approximate surface area is 163 Å². The van der Waals surface area contributed by atoms with Gasteiger partial charge in [0.1, 0.15) is 5.76 Å². The molecule has 1 aromatic carbocycles. The summed E-state index contributed by atoms with van der Waals surface area (Å²) in [5, 5.41) is 2.77. The molecule has 2 heterocycles. The Morgan fingerprint density at radius 1 is 1.32 bits per heavy atom. The zero-order valence-corrected chi connectivity index (χ0v) is 16.2. The van der Waals surface area contributed by atoms with Crippen molar-refractivity contribution < 1.29 is 23.5 Å². The molecule has 2 aromatic rings. The van der Waals surface area contributed by atoms with E-state index in [4.69, 9.17) is 9.15 Å². The number of hydrogen-bond donors (Lipinski definition) is 1. The van der Waals surface area contributed by atoms with Crippen LogP contribution in [0, 0.1) is 19.8 Å². The molecule has 0 spiro atoms. The molecule has 7 heteroatoms. The highest BCUT2D eigenvalue weighted by molar-refractivity contribution is 5.96. The van der Waals surface area contributed by atoms with Crippen LogP contribution in [-0.2, 0) is 25.7 Å². The lowest BCUT2D eigenvalue weighted by molar-refractivity contribution is -0.157. The van der Waals surface area contributed by atoms with Crippen LogP contribution in [0.1, 0.15) is 30.2 Å². The highest BCUT2D eigenvalue weighted by atomic mass is 16.5. The Kier molecular flexibility index (Phi) is 5.82. The number of amides is 2. The smallest absolute Gasteiger partial charge is 0.312 e. The van der Waals surface area contributed by atoms with Crippen LogP contribution >= 0.6 is 0 Å². The molecule has 0 unspecified atom stereocenters. The van der Waals surface area contributed by atoms with E-state index in [1.807, 2.05) is 32.0 Å². The maximum absolute atomic E-state index is 12.4. The van der Waals surface area contributed by atoms with Crippen molar-refractivity contribution in [3.05, 3.63) is 53.5 Å². The Hall–Kier alpha value is -3.09. The maximum atomic E-state index is 12.4. The van der Waals surface area contributed by atoms with E-state index < -0.39 is 23.9 Å². The van der Waals surface area contributed by atoms with Crippen LogP contribution < -0.4 is 5.32 Å². The van der Waals surface area contributed by atoms with Gasteiger partial charge in [-0.25, -0.2) is 0 Å². The first-order valence-electron chi connectivity index (χ1n) is 9.22. The van der Waals surface area contributed by atoms with E-state index in [2.05, 4.69) is 5.32 Å². The average Bonchev–Trinajstić information content (AvgIpc) is 3.28. The number of ether oxygens (including phenoxy) is 1. The van der Waals surface area contributed by atoms with Crippen molar-refractivity contribution >= 4 is 23.5 Å². The molecule has 0 radical (unpaired) electrons. The zero-order chi connectivity index (χ0) is 20.3. The largest absolute Gasteiger partial charge is 0.467 e. The van der Waals surface area contributed by atoms with E-state index in [0.717, 1.165) is 11.1 Å². The van der Waals surface area contributed by atoms with E-state index in [-0.39, 0.29) is 18.9 Å². The third-order valence-corrected chi connectivity index (χ3v) is 4.78. The SMILES string of the molecule is Cc1ccc(NC(=O)[C@H](C)OC(=O)[C@@H]2CC(=O)N(Cc3ccco3)C2)c(C)c1. The summed E-state index contributed by atoms with van der Waals surface area (Å²) < 4.78 is 10.6. The number of esters is 1. The van der Waals surface area contributed by atoms with Gasteiger partial charge < -0.3 is 19.4 Å². The predicted molar refractivity (Wildman–Crippen MR) is 102 cm³/mol. The summed E-state index contributed by atoms with van der Waals surface area (Å²) in [4.78, 5) is 38.5. The molecule has 1 saturated heterocycles. The lowest BCUT2D eigenvalue weighted by Crippen LogP contribution is -2.33. The van der Waals surface area contributed by atoms with E-state index in [9.17, 15) is 14.4 Å². The van der Waals surface area contributed by atoms with Crippen molar-refractivity contribution in [3.63, 3.8) is 0 Å². The van der Waals surface area contributed by atoms with E-state index in [1.165, 1.54) is 13.2 Å². The standard InChI is InChI=1S/C21H24N2O5/c1-13-6-7-18(14(2)9-13)22-20(25)15(3)28-21(26)16-10-19(24)23(11-16)12-17-5-4-8-27-17/h4-9,15-16H,10-12H2,1-3H3,(H,22,25)/t15-,16+/m0/s1. The average molecular weight is 384 g/mol. The van der Waals surface area contributed by atoms with Gasteiger partial charge in [-0.3, -0.25) is 14.4 Å². The van der Waals surface area contributed by atoms with Crippen LogP contribution in [0.25, 0.3) is 0 Å². The second-order valence-corrected chi connectivity index (χ2v) is 7.14. The molecule has 2 amide bonds. The molecule has 1 aliphatic heterocycles. The first-order chi connectivity index (χ1) is 13.3. The van der Waals surface area contributed by atoms with Crippen LogP contribution in [0.5, 0.6) is 0 Å². The van der Waals surface area contributed by atoms with E-state index in [1.54, 1.807) is 17.0 Å². The second-order valence-electron chi connectivity index (χ2n) is 7.14. The summed E-state index contributed by atoms with van der Waals surface area (Å²) in [5.41, 5.74) is 2.71. The molecule has 7 nitrogen and oxygen atoms in total. The van der Waals surface area contributed by atoms with Crippen molar-refractivity contribution in [1.29, 1.82) is 0 Å². The zero-order valence-electron chi connectivity index (χ0n) is 16.2. The molecule has 28 heavy (non-hydrogen) atoms. The molecule has 0 aliphatic carbocycles. The maximum Gasteiger partial charge on any atom is 0.312 e. The monoisotopic (exact) mass is 384 g/mol. The number of anilines is 1. The highest BCUT2D eigenvalue weighted by Crippen LogP contribution is 2.22. The third-order valence-electron chi connectivity index (χ3n) is 4.78. The van der Waals surface area contributed by atoms with Gasteiger partial charge in [-0.2, -0.15) is 0 Å². The minimum absolute atomic E-state index is 0.0744. The minimum Gasteiger partial charge on any atom is -0.467 e. The molecule has 0 bridgehead atoms. The summed E-state index contributed by atoms with van der Waals surface area (Å²) in [6, 6.07) is 9.20. The topological polar surface area (TPSA) is 88.8 Å². The number of carbonyl (C=O) groups is 3. The number of likely N-dealkylation sites (tertiary alicyclic amines) is 1. The Balaban J connectivity index is 1.53. The van der Waals surface area contributed by atoms with Crippen molar-refractivity contribution in [2.45, 2.75) is 39.8 Å². The summed E-state index contributed by atoms with van der Waals surface area (Å²) in [5.74, 6) is -1.01. The Morgan fingerprint density at radius 3 is 2.79 bits per heavy atom. The Bertz CT molecular complexity index is 875. The molecular formula is C21H24N2O5. The summed E-state index contributed by atoms with van der Waals surface area (Å²) in [6.45, 7) is 5.97. The first kappa shape index (κ1) is 19.7. The third kappa shape index (κ3) is 4.60. The van der Waals surface area contributed by atoms with Crippen molar-refractivity contribution in [2.75, 3.05) is 11.9 Å². The van der Waals surface area contributed by atoms with Crippen LogP contribution in [0.3, 0.4) is 0 Å². The fourth-order valence-corrected chi connectivity index (χ4v) is 3.19. The lowest BCUT2D eigenvalue weighted by Gasteiger charge is -2.17. The summed E-state index contributed by atoms with van der Waals surface area (Å²) >= 11 is 0. The van der Waals surface area contributed by atoms with Crippen LogP contribution in [0.4, 0.5) is 5.69 Å². The molecule has 0 saturated carbocycles. The molecule has 148 valence electrons. The number of nitrogens with one attached hydrogen (secondary N) is 1. The van der Waals surface area contributed by atoms with Gasteiger partial charge in [-0.15, -0.1) is 0 Å². The number of carbonyl (C=O) groups excluding carboxylic acids is 3. The number of hydrogen-bond acceptors (Lipinski definition) is 5. The minimum atomic E-state index is -0.956. The molecule has 3 rings (SSSR count). The Morgan fingerprint density at radius 2 is 2.11 bits per heavy atom. The van der Waals surface area contributed by atoms with Crippen molar-refractivity contribution in [2.24, 2.45) is 5.92 Å². The van der Waals surface area contributed by atoms with Gasteiger partial charge in [0.05, 0.1) is 18.7 Å². The van der Waals surface area contributed by atoms with Gasteiger partial charge in [0.2, 0.25) is 5.91 Å². The fraction of sp³-hybridized carbons (Fsp3) is 0.381. The van der Waals surface area contributed by atoms with Gasteiger partial charge in [-0.05, 0) is 44.5 Å². The normalized spacial score (nSPS) is 17.5. The molecule has 2 atom stereocenters. The number of aryl methyl sites for hydroxylation is 2. The lowest BCUT2D eigenvalue weighted by atomic mass is 10.1. The summed E-state index contributed by atoms with van der Waals surface area (Å²) in [6.07, 6.45) is 0.658.